The number of benzene rings is 2. The Labute approximate surface area is 92.3 Å². The average molecular weight is 222 g/mol. The number of anilines is 1. The van der Waals surface area contributed by atoms with Crippen molar-refractivity contribution in [2.75, 3.05) is 5.73 Å². The normalized spacial score (nSPS) is 10.3. The third kappa shape index (κ3) is 1.81. The van der Waals surface area contributed by atoms with Gasteiger partial charge in [0.25, 0.3) is 0 Å². The minimum absolute atomic E-state index is 0.0706. The van der Waals surface area contributed by atoms with E-state index in [0.29, 0.717) is 11.3 Å². The first-order chi connectivity index (χ1) is 7.20. The molecule has 3 heteroatoms. The van der Waals surface area contributed by atoms with Crippen molar-refractivity contribution in [2.45, 2.75) is 0 Å². The summed E-state index contributed by atoms with van der Waals surface area (Å²) in [5, 5.41) is 0.0706. The fourth-order valence-electron chi connectivity index (χ4n) is 1.46. The first-order valence-electron chi connectivity index (χ1n) is 4.49. The highest BCUT2D eigenvalue weighted by molar-refractivity contribution is 6.34. The van der Waals surface area contributed by atoms with Crippen LogP contribution in [-0.4, -0.2) is 0 Å². The minimum Gasteiger partial charge on any atom is -0.398 e. The maximum atomic E-state index is 13.3. The van der Waals surface area contributed by atoms with Crippen molar-refractivity contribution >= 4 is 17.3 Å². The van der Waals surface area contributed by atoms with Crippen molar-refractivity contribution in [3.63, 3.8) is 0 Å². The molecule has 0 heterocycles. The van der Waals surface area contributed by atoms with Crippen molar-refractivity contribution in [3.05, 3.63) is 53.3 Å². The number of halogens is 2. The zero-order valence-corrected chi connectivity index (χ0v) is 8.63. The summed E-state index contributed by atoms with van der Waals surface area (Å²) in [5.74, 6) is -0.454. The van der Waals surface area contributed by atoms with Crippen molar-refractivity contribution in [2.24, 2.45) is 0 Å². The van der Waals surface area contributed by atoms with E-state index >= 15 is 0 Å². The third-order valence-electron chi connectivity index (χ3n) is 2.19. The van der Waals surface area contributed by atoms with Crippen LogP contribution in [0.2, 0.25) is 5.02 Å². The molecule has 0 aliphatic carbocycles. The maximum absolute atomic E-state index is 13.3. The lowest BCUT2D eigenvalue weighted by Crippen LogP contribution is -1.92. The van der Waals surface area contributed by atoms with Gasteiger partial charge in [0.05, 0.1) is 5.02 Å². The summed E-state index contributed by atoms with van der Waals surface area (Å²) in [4.78, 5) is 0. The Bertz CT molecular complexity index is 482. The largest absolute Gasteiger partial charge is 0.398 e. The van der Waals surface area contributed by atoms with Crippen LogP contribution in [0.1, 0.15) is 0 Å². The zero-order valence-electron chi connectivity index (χ0n) is 7.87. The molecular weight excluding hydrogens is 213 g/mol. The summed E-state index contributed by atoms with van der Waals surface area (Å²) < 4.78 is 13.3. The van der Waals surface area contributed by atoms with Crippen LogP contribution < -0.4 is 5.73 Å². The second kappa shape index (κ2) is 3.91. The zero-order chi connectivity index (χ0) is 10.8. The second-order valence-electron chi connectivity index (χ2n) is 3.19. The lowest BCUT2D eigenvalue weighted by atomic mass is 10.0. The molecule has 0 atom stereocenters. The molecule has 0 saturated heterocycles. The van der Waals surface area contributed by atoms with Gasteiger partial charge in [0.15, 0.2) is 0 Å². The van der Waals surface area contributed by atoms with Crippen LogP contribution in [0.25, 0.3) is 11.1 Å². The Morgan fingerprint density at radius 3 is 2.33 bits per heavy atom. The van der Waals surface area contributed by atoms with Crippen LogP contribution in [0.5, 0.6) is 0 Å². The summed E-state index contributed by atoms with van der Waals surface area (Å²) in [5.41, 5.74) is 7.62. The molecule has 2 aromatic rings. The summed E-state index contributed by atoms with van der Waals surface area (Å²) in [7, 11) is 0. The SMILES string of the molecule is Nc1ccc(F)c(Cl)c1-c1ccccc1. The lowest BCUT2D eigenvalue weighted by Gasteiger charge is -2.08. The molecule has 0 spiro atoms. The minimum atomic E-state index is -0.454. The lowest BCUT2D eigenvalue weighted by molar-refractivity contribution is 0.629. The third-order valence-corrected chi connectivity index (χ3v) is 2.56. The first-order valence-corrected chi connectivity index (χ1v) is 4.87. The van der Waals surface area contributed by atoms with Gasteiger partial charge >= 0.3 is 0 Å². The second-order valence-corrected chi connectivity index (χ2v) is 3.57. The number of rotatable bonds is 1. The topological polar surface area (TPSA) is 26.0 Å². The Hall–Kier alpha value is -1.54. The summed E-state index contributed by atoms with van der Waals surface area (Å²) in [6.07, 6.45) is 0. The van der Waals surface area contributed by atoms with Gasteiger partial charge in [0, 0.05) is 11.3 Å². The maximum Gasteiger partial charge on any atom is 0.142 e. The summed E-state index contributed by atoms with van der Waals surface area (Å²) >= 11 is 5.88. The Morgan fingerprint density at radius 1 is 1.00 bits per heavy atom. The predicted molar refractivity (Wildman–Crippen MR) is 61.3 cm³/mol. The molecule has 2 rings (SSSR count). The van der Waals surface area contributed by atoms with Gasteiger partial charge in [-0.25, -0.2) is 4.39 Å². The van der Waals surface area contributed by atoms with E-state index in [-0.39, 0.29) is 5.02 Å². The van der Waals surface area contributed by atoms with E-state index in [9.17, 15) is 4.39 Å². The average Bonchev–Trinajstić information content (AvgIpc) is 2.26. The molecule has 2 N–H and O–H groups in total. The van der Waals surface area contributed by atoms with E-state index in [2.05, 4.69) is 0 Å². The van der Waals surface area contributed by atoms with Crippen LogP contribution in [-0.2, 0) is 0 Å². The predicted octanol–water partition coefficient (Wildman–Crippen LogP) is 3.73. The molecule has 76 valence electrons. The molecule has 0 unspecified atom stereocenters. The fraction of sp³-hybridized carbons (Fsp3) is 0. The summed E-state index contributed by atoms with van der Waals surface area (Å²) in [6.45, 7) is 0. The fourth-order valence-corrected chi connectivity index (χ4v) is 1.74. The van der Waals surface area contributed by atoms with Gasteiger partial charge in [-0.1, -0.05) is 41.9 Å². The van der Waals surface area contributed by atoms with Gasteiger partial charge in [-0.3, -0.25) is 0 Å². The van der Waals surface area contributed by atoms with Crippen LogP contribution in [0.15, 0.2) is 42.5 Å². The van der Waals surface area contributed by atoms with Crippen LogP contribution in [0, 0.1) is 5.82 Å². The van der Waals surface area contributed by atoms with Gasteiger partial charge in [0.2, 0.25) is 0 Å². The highest BCUT2D eigenvalue weighted by atomic mass is 35.5. The van der Waals surface area contributed by atoms with Crippen molar-refractivity contribution in [3.8, 4) is 11.1 Å². The molecular formula is C12H9ClFN. The molecule has 0 saturated carbocycles. The molecule has 0 aliphatic rings. The highest BCUT2D eigenvalue weighted by Gasteiger charge is 2.11. The molecule has 0 amide bonds. The molecule has 0 fully saturated rings. The van der Waals surface area contributed by atoms with Gasteiger partial charge in [-0.05, 0) is 17.7 Å². The molecule has 0 bridgehead atoms. The Balaban J connectivity index is 2.68. The van der Waals surface area contributed by atoms with E-state index in [1.807, 2.05) is 30.3 Å². The van der Waals surface area contributed by atoms with Gasteiger partial charge in [0.1, 0.15) is 5.82 Å². The standard InChI is InChI=1S/C12H9ClFN/c13-12-9(14)6-7-10(15)11(12)8-4-2-1-3-5-8/h1-7H,15H2. The Kier molecular flexibility index (Phi) is 2.60. The number of nitrogen functional groups attached to an aromatic ring is 1. The van der Waals surface area contributed by atoms with Crippen molar-refractivity contribution < 1.29 is 4.39 Å². The van der Waals surface area contributed by atoms with Crippen molar-refractivity contribution in [1.29, 1.82) is 0 Å². The van der Waals surface area contributed by atoms with E-state index in [0.717, 1.165) is 5.56 Å². The quantitative estimate of drug-likeness (QED) is 0.730. The highest BCUT2D eigenvalue weighted by Crippen LogP contribution is 2.34. The molecule has 2 aromatic carbocycles. The van der Waals surface area contributed by atoms with Crippen LogP contribution in [0.4, 0.5) is 10.1 Å². The number of nitrogens with two attached hydrogens (primary N) is 1. The van der Waals surface area contributed by atoms with Crippen LogP contribution in [0.3, 0.4) is 0 Å². The number of hydrogen-bond donors (Lipinski definition) is 1. The van der Waals surface area contributed by atoms with E-state index in [4.69, 9.17) is 17.3 Å². The molecule has 1 nitrogen and oxygen atoms in total. The van der Waals surface area contributed by atoms with Gasteiger partial charge < -0.3 is 5.73 Å². The Morgan fingerprint density at radius 2 is 1.67 bits per heavy atom. The molecule has 0 aliphatic heterocycles. The monoisotopic (exact) mass is 221 g/mol. The van der Waals surface area contributed by atoms with E-state index < -0.39 is 5.82 Å². The first kappa shape index (κ1) is 9.99. The molecule has 15 heavy (non-hydrogen) atoms. The molecule has 0 aromatic heterocycles. The van der Waals surface area contributed by atoms with Gasteiger partial charge in [-0.15, -0.1) is 0 Å². The van der Waals surface area contributed by atoms with E-state index in [1.54, 1.807) is 0 Å². The summed E-state index contributed by atoms with van der Waals surface area (Å²) in [6, 6.07) is 12.1. The van der Waals surface area contributed by atoms with Crippen LogP contribution >= 0.6 is 11.6 Å². The van der Waals surface area contributed by atoms with E-state index in [1.165, 1.54) is 12.1 Å². The van der Waals surface area contributed by atoms with Gasteiger partial charge in [-0.2, -0.15) is 0 Å². The molecule has 0 radical (unpaired) electrons. The smallest absolute Gasteiger partial charge is 0.142 e. The van der Waals surface area contributed by atoms with Crippen molar-refractivity contribution in [1.82, 2.24) is 0 Å². The number of hydrogen-bond acceptors (Lipinski definition) is 1.